The lowest BCUT2D eigenvalue weighted by molar-refractivity contribution is 0.405. The lowest BCUT2D eigenvalue weighted by Gasteiger charge is -2.25. The number of alkyl halides is 1. The van der Waals surface area contributed by atoms with Crippen LogP contribution in [0.4, 0.5) is 0 Å². The summed E-state index contributed by atoms with van der Waals surface area (Å²) in [6, 6.07) is 6.79. The van der Waals surface area contributed by atoms with E-state index in [2.05, 4.69) is 50.1 Å². The van der Waals surface area contributed by atoms with Crippen LogP contribution in [0, 0.1) is 11.3 Å². The molecule has 1 spiro atoms. The Bertz CT molecular complexity index is 400. The largest absolute Gasteiger partial charge is 0.0925 e. The molecule has 2 atom stereocenters. The molecular formula is C13H14Br2. The summed E-state index contributed by atoms with van der Waals surface area (Å²) in [4.78, 5) is 0. The summed E-state index contributed by atoms with van der Waals surface area (Å²) in [5.41, 5.74) is 3.83. The van der Waals surface area contributed by atoms with Gasteiger partial charge in [0.25, 0.3) is 0 Å². The van der Waals surface area contributed by atoms with Gasteiger partial charge in [-0.1, -0.05) is 37.9 Å². The van der Waals surface area contributed by atoms with Crippen molar-refractivity contribution < 1.29 is 0 Å². The van der Waals surface area contributed by atoms with E-state index < -0.39 is 0 Å². The van der Waals surface area contributed by atoms with Crippen molar-refractivity contribution in [1.29, 1.82) is 0 Å². The van der Waals surface area contributed by atoms with Crippen molar-refractivity contribution in [3.8, 4) is 0 Å². The summed E-state index contributed by atoms with van der Waals surface area (Å²) < 4.78 is 1.23. The molecule has 0 N–H and O–H groups in total. The van der Waals surface area contributed by atoms with E-state index in [0.29, 0.717) is 5.41 Å². The highest BCUT2D eigenvalue weighted by atomic mass is 79.9. The highest BCUT2D eigenvalue weighted by Crippen LogP contribution is 2.60. The molecule has 0 saturated heterocycles. The SMILES string of the molecule is BrCC1CC12CCc1cc(Br)ccc1C2. The standard InChI is InChI=1S/C13H14Br2/c14-8-11-7-13(11)4-3-9-5-12(15)2-1-10(9)6-13/h1-2,5,11H,3-4,6-8H2. The maximum absolute atomic E-state index is 3.63. The Kier molecular flexibility index (Phi) is 2.48. The van der Waals surface area contributed by atoms with Crippen LogP contribution in [0.25, 0.3) is 0 Å². The summed E-state index contributed by atoms with van der Waals surface area (Å²) in [5.74, 6) is 0.939. The second kappa shape index (κ2) is 3.59. The van der Waals surface area contributed by atoms with E-state index in [4.69, 9.17) is 0 Å². The van der Waals surface area contributed by atoms with E-state index in [9.17, 15) is 0 Å². The van der Waals surface area contributed by atoms with Gasteiger partial charge in [-0.15, -0.1) is 0 Å². The molecule has 80 valence electrons. The zero-order valence-electron chi connectivity index (χ0n) is 8.60. The molecule has 0 bridgehead atoms. The van der Waals surface area contributed by atoms with Gasteiger partial charge in [-0.2, -0.15) is 0 Å². The van der Waals surface area contributed by atoms with Crippen LogP contribution in [0.5, 0.6) is 0 Å². The summed E-state index contributed by atoms with van der Waals surface area (Å²) in [7, 11) is 0. The number of hydrogen-bond donors (Lipinski definition) is 0. The molecule has 0 nitrogen and oxygen atoms in total. The molecule has 1 fully saturated rings. The monoisotopic (exact) mass is 328 g/mol. The lowest BCUT2D eigenvalue weighted by atomic mass is 9.80. The summed E-state index contributed by atoms with van der Waals surface area (Å²) in [5, 5.41) is 1.19. The molecule has 2 aliphatic rings. The Morgan fingerprint density at radius 3 is 2.93 bits per heavy atom. The topological polar surface area (TPSA) is 0 Å². The van der Waals surface area contributed by atoms with Crippen LogP contribution in [0.15, 0.2) is 22.7 Å². The molecule has 2 aliphatic carbocycles. The number of benzene rings is 1. The molecule has 2 heteroatoms. The van der Waals surface area contributed by atoms with Crippen LogP contribution < -0.4 is 0 Å². The van der Waals surface area contributed by atoms with Crippen molar-refractivity contribution in [2.24, 2.45) is 11.3 Å². The summed E-state index contributed by atoms with van der Waals surface area (Å²) in [6.07, 6.45) is 5.42. The molecule has 1 aromatic carbocycles. The van der Waals surface area contributed by atoms with E-state index in [-0.39, 0.29) is 0 Å². The van der Waals surface area contributed by atoms with Gasteiger partial charge in [0.1, 0.15) is 0 Å². The Balaban J connectivity index is 1.88. The predicted octanol–water partition coefficient (Wildman–Crippen LogP) is 4.34. The van der Waals surface area contributed by atoms with E-state index >= 15 is 0 Å². The van der Waals surface area contributed by atoms with Crippen molar-refractivity contribution >= 4 is 31.9 Å². The third kappa shape index (κ3) is 1.70. The van der Waals surface area contributed by atoms with Gasteiger partial charge in [0.2, 0.25) is 0 Å². The molecule has 0 aromatic heterocycles. The zero-order valence-corrected chi connectivity index (χ0v) is 11.8. The van der Waals surface area contributed by atoms with Crippen LogP contribution in [-0.4, -0.2) is 5.33 Å². The molecule has 15 heavy (non-hydrogen) atoms. The van der Waals surface area contributed by atoms with Gasteiger partial charge in [0, 0.05) is 9.80 Å². The minimum absolute atomic E-state index is 0.671. The Hall–Kier alpha value is 0.180. The van der Waals surface area contributed by atoms with E-state index in [1.165, 1.54) is 35.5 Å². The average Bonchev–Trinajstić information content (AvgIpc) is 2.92. The average molecular weight is 330 g/mol. The minimum Gasteiger partial charge on any atom is -0.0925 e. The van der Waals surface area contributed by atoms with Crippen LogP contribution >= 0.6 is 31.9 Å². The van der Waals surface area contributed by atoms with Crippen LogP contribution in [0.2, 0.25) is 0 Å². The first-order valence-electron chi connectivity index (χ1n) is 5.57. The first-order valence-corrected chi connectivity index (χ1v) is 7.48. The quantitative estimate of drug-likeness (QED) is 0.672. The van der Waals surface area contributed by atoms with Crippen LogP contribution in [0.1, 0.15) is 24.0 Å². The van der Waals surface area contributed by atoms with Crippen molar-refractivity contribution in [1.82, 2.24) is 0 Å². The minimum atomic E-state index is 0.671. The van der Waals surface area contributed by atoms with E-state index in [1.807, 2.05) is 0 Å². The fourth-order valence-electron chi connectivity index (χ4n) is 3.02. The van der Waals surface area contributed by atoms with E-state index in [0.717, 1.165) is 5.92 Å². The third-order valence-electron chi connectivity index (χ3n) is 4.15. The first kappa shape index (κ1) is 10.3. The molecule has 1 saturated carbocycles. The number of rotatable bonds is 1. The van der Waals surface area contributed by atoms with Gasteiger partial charge in [0.15, 0.2) is 0 Å². The first-order chi connectivity index (χ1) is 7.23. The Morgan fingerprint density at radius 2 is 2.20 bits per heavy atom. The fourth-order valence-corrected chi connectivity index (χ4v) is 4.35. The van der Waals surface area contributed by atoms with Crippen LogP contribution in [0.3, 0.4) is 0 Å². The molecule has 3 rings (SSSR count). The Morgan fingerprint density at radius 1 is 1.33 bits per heavy atom. The second-order valence-corrected chi connectivity index (χ2v) is 6.57. The summed E-state index contributed by atoms with van der Waals surface area (Å²) in [6.45, 7) is 0. The third-order valence-corrected chi connectivity index (χ3v) is 5.42. The van der Waals surface area contributed by atoms with Gasteiger partial charge in [0.05, 0.1) is 0 Å². The highest BCUT2D eigenvalue weighted by Gasteiger charge is 2.53. The second-order valence-electron chi connectivity index (χ2n) is 5.01. The number of fused-ring (bicyclic) bond motifs is 1. The predicted molar refractivity (Wildman–Crippen MR) is 70.5 cm³/mol. The zero-order chi connectivity index (χ0) is 10.5. The molecule has 0 aliphatic heterocycles. The van der Waals surface area contributed by atoms with Gasteiger partial charge in [-0.05, 0) is 60.3 Å². The van der Waals surface area contributed by atoms with Gasteiger partial charge in [-0.3, -0.25) is 0 Å². The smallest absolute Gasteiger partial charge is 0.0178 e. The van der Waals surface area contributed by atoms with Gasteiger partial charge >= 0.3 is 0 Å². The molecule has 1 aromatic rings. The molecular weight excluding hydrogens is 316 g/mol. The summed E-state index contributed by atoms with van der Waals surface area (Å²) >= 11 is 7.18. The van der Waals surface area contributed by atoms with E-state index in [1.54, 1.807) is 11.1 Å². The van der Waals surface area contributed by atoms with Gasteiger partial charge < -0.3 is 0 Å². The Labute approximate surface area is 108 Å². The van der Waals surface area contributed by atoms with Crippen LogP contribution in [-0.2, 0) is 12.8 Å². The van der Waals surface area contributed by atoms with Crippen molar-refractivity contribution in [3.05, 3.63) is 33.8 Å². The number of aryl methyl sites for hydroxylation is 1. The molecule has 0 amide bonds. The maximum atomic E-state index is 3.63. The molecule has 2 unspecified atom stereocenters. The number of halogens is 2. The van der Waals surface area contributed by atoms with Crippen molar-refractivity contribution in [3.63, 3.8) is 0 Å². The fraction of sp³-hybridized carbons (Fsp3) is 0.538. The normalized spacial score (nSPS) is 32.8. The van der Waals surface area contributed by atoms with Gasteiger partial charge in [-0.25, -0.2) is 0 Å². The van der Waals surface area contributed by atoms with Crippen molar-refractivity contribution in [2.45, 2.75) is 25.7 Å². The maximum Gasteiger partial charge on any atom is 0.0178 e. The molecule has 0 radical (unpaired) electrons. The number of hydrogen-bond acceptors (Lipinski definition) is 0. The molecule has 0 heterocycles. The van der Waals surface area contributed by atoms with Crippen molar-refractivity contribution in [2.75, 3.05) is 5.33 Å². The lowest BCUT2D eigenvalue weighted by Crippen LogP contribution is -2.17. The highest BCUT2D eigenvalue weighted by molar-refractivity contribution is 9.10.